The molecule has 2 heterocycles. The van der Waals surface area contributed by atoms with Crippen molar-refractivity contribution in [2.24, 2.45) is 0 Å². The number of hydrogen-bond donors (Lipinski definition) is 1. The molecule has 0 aliphatic heterocycles. The van der Waals surface area contributed by atoms with Crippen LogP contribution in [0.2, 0.25) is 0 Å². The monoisotopic (exact) mass is 284 g/mol. The van der Waals surface area contributed by atoms with Crippen molar-refractivity contribution in [1.29, 1.82) is 0 Å². The molecule has 0 atom stereocenters. The van der Waals surface area contributed by atoms with Crippen LogP contribution in [0.25, 0.3) is 0 Å². The number of nitrogens with zero attached hydrogens (tertiary/aromatic N) is 3. The third kappa shape index (κ3) is 4.83. The lowest BCUT2D eigenvalue weighted by molar-refractivity contribution is 0.672. The Morgan fingerprint density at radius 1 is 1.10 bits per heavy atom. The lowest BCUT2D eigenvalue weighted by Crippen LogP contribution is -2.23. The smallest absolute Gasteiger partial charge is 0.0440 e. The molecule has 2 rings (SSSR count). The van der Waals surface area contributed by atoms with Gasteiger partial charge in [0.25, 0.3) is 0 Å². The van der Waals surface area contributed by atoms with Crippen LogP contribution in [-0.2, 0) is 13.0 Å². The van der Waals surface area contributed by atoms with Gasteiger partial charge in [-0.3, -0.25) is 9.97 Å². The fourth-order valence-electron chi connectivity index (χ4n) is 2.29. The molecule has 0 saturated carbocycles. The lowest BCUT2D eigenvalue weighted by atomic mass is 10.1. The highest BCUT2D eigenvalue weighted by atomic mass is 15.1. The van der Waals surface area contributed by atoms with Crippen molar-refractivity contribution in [3.63, 3.8) is 0 Å². The van der Waals surface area contributed by atoms with Crippen molar-refractivity contribution in [2.75, 3.05) is 25.0 Å². The number of nitrogens with one attached hydrogen (secondary N) is 1. The Hall–Kier alpha value is -1.94. The molecule has 21 heavy (non-hydrogen) atoms. The highest BCUT2D eigenvalue weighted by Crippen LogP contribution is 2.18. The van der Waals surface area contributed by atoms with E-state index in [2.05, 4.69) is 52.4 Å². The van der Waals surface area contributed by atoms with E-state index in [1.165, 1.54) is 16.8 Å². The SMILES string of the molecule is CCCNCc1cnccc1N(C)CCc1ccncc1. The van der Waals surface area contributed by atoms with Gasteiger partial charge in [-0.25, -0.2) is 0 Å². The second-order valence-electron chi connectivity index (χ2n) is 5.21. The second kappa shape index (κ2) is 8.37. The zero-order chi connectivity index (χ0) is 14.9. The van der Waals surface area contributed by atoms with Crippen molar-refractivity contribution in [1.82, 2.24) is 15.3 Å². The van der Waals surface area contributed by atoms with Gasteiger partial charge in [0.2, 0.25) is 0 Å². The predicted octanol–water partition coefficient (Wildman–Crippen LogP) is 2.66. The lowest BCUT2D eigenvalue weighted by Gasteiger charge is -2.22. The molecule has 0 amide bonds. The van der Waals surface area contributed by atoms with Crippen LogP contribution < -0.4 is 10.2 Å². The normalized spacial score (nSPS) is 10.6. The molecule has 0 saturated heterocycles. The van der Waals surface area contributed by atoms with E-state index >= 15 is 0 Å². The second-order valence-corrected chi connectivity index (χ2v) is 5.21. The summed E-state index contributed by atoms with van der Waals surface area (Å²) in [7, 11) is 2.14. The topological polar surface area (TPSA) is 41.1 Å². The molecule has 0 aliphatic rings. The van der Waals surface area contributed by atoms with Crippen LogP contribution in [0.4, 0.5) is 5.69 Å². The van der Waals surface area contributed by atoms with Gasteiger partial charge in [0, 0.05) is 56.2 Å². The molecule has 0 aromatic carbocycles. The van der Waals surface area contributed by atoms with Crippen LogP contribution in [-0.4, -0.2) is 30.1 Å². The van der Waals surface area contributed by atoms with Crippen LogP contribution in [0, 0.1) is 0 Å². The van der Waals surface area contributed by atoms with Crippen LogP contribution >= 0.6 is 0 Å². The highest BCUT2D eigenvalue weighted by molar-refractivity contribution is 5.51. The minimum absolute atomic E-state index is 0.872. The molecule has 0 spiro atoms. The first-order valence-corrected chi connectivity index (χ1v) is 7.55. The van der Waals surface area contributed by atoms with Crippen LogP contribution in [0.3, 0.4) is 0 Å². The summed E-state index contributed by atoms with van der Waals surface area (Å²) in [6.45, 7) is 5.07. The Kier molecular flexibility index (Phi) is 6.16. The Bertz CT molecular complexity index is 527. The quantitative estimate of drug-likeness (QED) is 0.757. The van der Waals surface area contributed by atoms with Gasteiger partial charge in [0.15, 0.2) is 0 Å². The largest absolute Gasteiger partial charge is 0.374 e. The van der Waals surface area contributed by atoms with Crippen LogP contribution in [0.1, 0.15) is 24.5 Å². The maximum Gasteiger partial charge on any atom is 0.0440 e. The zero-order valence-corrected chi connectivity index (χ0v) is 12.9. The third-order valence-corrected chi connectivity index (χ3v) is 3.52. The molecule has 112 valence electrons. The summed E-state index contributed by atoms with van der Waals surface area (Å²) < 4.78 is 0. The molecule has 0 unspecified atom stereocenters. The van der Waals surface area contributed by atoms with Crippen molar-refractivity contribution in [3.8, 4) is 0 Å². The third-order valence-electron chi connectivity index (χ3n) is 3.52. The number of aromatic nitrogens is 2. The van der Waals surface area contributed by atoms with Gasteiger partial charge >= 0.3 is 0 Å². The standard InChI is InChI=1S/C17H24N4/c1-3-8-19-13-16-14-20-11-6-17(16)21(2)12-7-15-4-9-18-10-5-15/h4-6,9-11,14,19H,3,7-8,12-13H2,1-2H3. The molecular weight excluding hydrogens is 260 g/mol. The summed E-state index contributed by atoms with van der Waals surface area (Å²) in [6, 6.07) is 6.24. The Balaban J connectivity index is 1.96. The molecule has 2 aromatic heterocycles. The Labute approximate surface area is 127 Å². The summed E-state index contributed by atoms with van der Waals surface area (Å²) >= 11 is 0. The van der Waals surface area contributed by atoms with E-state index in [0.29, 0.717) is 0 Å². The maximum absolute atomic E-state index is 4.25. The van der Waals surface area contributed by atoms with Crippen molar-refractivity contribution < 1.29 is 0 Å². The first kappa shape index (κ1) is 15.4. The first-order valence-electron chi connectivity index (χ1n) is 7.55. The summed E-state index contributed by atoms with van der Waals surface area (Å²) in [5.41, 5.74) is 3.82. The van der Waals surface area contributed by atoms with Gasteiger partial charge in [0.1, 0.15) is 0 Å². The summed E-state index contributed by atoms with van der Waals surface area (Å²) in [5, 5.41) is 3.45. The Morgan fingerprint density at radius 2 is 1.86 bits per heavy atom. The highest BCUT2D eigenvalue weighted by Gasteiger charge is 2.07. The van der Waals surface area contributed by atoms with Gasteiger partial charge in [-0.05, 0) is 43.1 Å². The fraction of sp³-hybridized carbons (Fsp3) is 0.412. The summed E-state index contributed by atoms with van der Waals surface area (Å²) in [6.07, 6.45) is 9.68. The van der Waals surface area contributed by atoms with E-state index in [1.54, 1.807) is 0 Å². The molecule has 4 nitrogen and oxygen atoms in total. The van der Waals surface area contributed by atoms with Gasteiger partial charge in [-0.2, -0.15) is 0 Å². The number of rotatable bonds is 8. The molecule has 4 heteroatoms. The maximum atomic E-state index is 4.25. The van der Waals surface area contributed by atoms with Crippen molar-refractivity contribution in [2.45, 2.75) is 26.3 Å². The van der Waals surface area contributed by atoms with Gasteiger partial charge < -0.3 is 10.2 Å². The predicted molar refractivity (Wildman–Crippen MR) is 87.4 cm³/mol. The number of likely N-dealkylation sites (N-methyl/N-ethyl adjacent to an activating group) is 1. The summed E-state index contributed by atoms with van der Waals surface area (Å²) in [4.78, 5) is 10.6. The van der Waals surface area contributed by atoms with E-state index in [-0.39, 0.29) is 0 Å². The van der Waals surface area contributed by atoms with E-state index in [9.17, 15) is 0 Å². The minimum atomic E-state index is 0.872. The molecule has 0 radical (unpaired) electrons. The average Bonchev–Trinajstić information content (AvgIpc) is 2.54. The zero-order valence-electron chi connectivity index (χ0n) is 12.9. The molecular formula is C17H24N4. The Morgan fingerprint density at radius 3 is 2.62 bits per heavy atom. The van der Waals surface area contributed by atoms with Crippen LogP contribution in [0.15, 0.2) is 43.0 Å². The van der Waals surface area contributed by atoms with E-state index < -0.39 is 0 Å². The van der Waals surface area contributed by atoms with E-state index in [0.717, 1.165) is 32.5 Å². The molecule has 0 bridgehead atoms. The number of anilines is 1. The first-order chi connectivity index (χ1) is 10.3. The van der Waals surface area contributed by atoms with Crippen molar-refractivity contribution >= 4 is 5.69 Å². The average molecular weight is 284 g/mol. The van der Waals surface area contributed by atoms with E-state index in [1.807, 2.05) is 24.8 Å². The molecule has 0 aliphatic carbocycles. The minimum Gasteiger partial charge on any atom is -0.374 e. The van der Waals surface area contributed by atoms with Gasteiger partial charge in [-0.1, -0.05) is 6.92 Å². The fourth-order valence-corrected chi connectivity index (χ4v) is 2.29. The van der Waals surface area contributed by atoms with Gasteiger partial charge in [-0.15, -0.1) is 0 Å². The van der Waals surface area contributed by atoms with Crippen molar-refractivity contribution in [3.05, 3.63) is 54.1 Å². The molecule has 2 aromatic rings. The molecule has 0 fully saturated rings. The summed E-state index contributed by atoms with van der Waals surface area (Å²) in [5.74, 6) is 0. The molecule has 1 N–H and O–H groups in total. The van der Waals surface area contributed by atoms with Gasteiger partial charge in [0.05, 0.1) is 0 Å². The number of pyridine rings is 2. The number of hydrogen-bond acceptors (Lipinski definition) is 4. The van der Waals surface area contributed by atoms with Crippen LogP contribution in [0.5, 0.6) is 0 Å². The van der Waals surface area contributed by atoms with E-state index in [4.69, 9.17) is 0 Å².